The fourth-order valence-electron chi connectivity index (χ4n) is 3.81. The minimum absolute atomic E-state index is 0.0280. The van der Waals surface area contributed by atoms with Gasteiger partial charge < -0.3 is 19.8 Å². The average molecular weight is 388 g/mol. The standard InChI is InChI=1S/C13H21BN4O7S/c19-8-14-16-4-1-2-9(3-5-16)15-12(20)11-6-10-7-17(11)13(21)18(10)25-26(22,23)24/h8-11,14H,1-7H2,(H,15,20)(H,22,23,24)/t9-,10+,11-/m0/s1. The van der Waals surface area contributed by atoms with Gasteiger partial charge in [0.1, 0.15) is 6.04 Å². The van der Waals surface area contributed by atoms with Gasteiger partial charge in [0, 0.05) is 19.0 Å². The summed E-state index contributed by atoms with van der Waals surface area (Å²) in [5.74, 6) is -0.277. The highest BCUT2D eigenvalue weighted by molar-refractivity contribution is 7.80. The lowest BCUT2D eigenvalue weighted by Crippen LogP contribution is -2.53. The van der Waals surface area contributed by atoms with Gasteiger partial charge in [-0.15, -0.1) is 4.28 Å². The first-order chi connectivity index (χ1) is 12.3. The lowest BCUT2D eigenvalue weighted by molar-refractivity contribution is -0.127. The van der Waals surface area contributed by atoms with Crippen LogP contribution in [0, 0.1) is 0 Å². The van der Waals surface area contributed by atoms with Gasteiger partial charge >= 0.3 is 16.4 Å². The fraction of sp³-hybridized carbons (Fsp3) is 0.769. The molecule has 0 spiro atoms. The third kappa shape index (κ3) is 4.16. The van der Waals surface area contributed by atoms with Crippen molar-refractivity contribution in [2.45, 2.75) is 43.8 Å². The lowest BCUT2D eigenvalue weighted by Gasteiger charge is -2.30. The van der Waals surface area contributed by atoms with Crippen LogP contribution in [-0.2, 0) is 24.3 Å². The molecule has 13 heteroatoms. The van der Waals surface area contributed by atoms with Gasteiger partial charge in [-0.25, -0.2) is 4.79 Å². The van der Waals surface area contributed by atoms with Crippen molar-refractivity contribution >= 4 is 35.9 Å². The number of hydrogen-bond donors (Lipinski definition) is 2. The highest BCUT2D eigenvalue weighted by atomic mass is 32.3. The maximum Gasteiger partial charge on any atom is 0.418 e. The third-order valence-corrected chi connectivity index (χ3v) is 5.37. The van der Waals surface area contributed by atoms with Crippen molar-refractivity contribution in [3.8, 4) is 0 Å². The minimum atomic E-state index is -4.79. The number of carbonyl (C=O) groups is 3. The second-order valence-electron chi connectivity index (χ2n) is 6.77. The molecule has 3 rings (SSSR count). The Bertz CT molecular complexity index is 690. The van der Waals surface area contributed by atoms with Crippen molar-refractivity contribution in [3.63, 3.8) is 0 Å². The fourth-order valence-corrected chi connectivity index (χ4v) is 4.19. The summed E-state index contributed by atoms with van der Waals surface area (Å²) in [4.78, 5) is 38.6. The summed E-state index contributed by atoms with van der Waals surface area (Å²) in [5.41, 5.74) is 0. The van der Waals surface area contributed by atoms with Crippen LogP contribution in [-0.4, -0.2) is 91.0 Å². The number of carbonyl (C=O) groups excluding carboxylic acids is 3. The van der Waals surface area contributed by atoms with E-state index in [1.54, 1.807) is 0 Å². The summed E-state index contributed by atoms with van der Waals surface area (Å²) >= 11 is 0. The highest BCUT2D eigenvalue weighted by Gasteiger charge is 2.53. The molecule has 0 radical (unpaired) electrons. The Kier molecular flexibility index (Phi) is 5.51. The molecular weight excluding hydrogens is 367 g/mol. The van der Waals surface area contributed by atoms with Gasteiger partial charge in [0.05, 0.1) is 12.2 Å². The molecule has 3 amide bonds. The second-order valence-corrected chi connectivity index (χ2v) is 7.78. The van der Waals surface area contributed by atoms with E-state index < -0.39 is 28.5 Å². The van der Waals surface area contributed by atoms with Crippen LogP contribution < -0.4 is 5.32 Å². The van der Waals surface area contributed by atoms with E-state index in [0.29, 0.717) is 12.5 Å². The molecule has 3 fully saturated rings. The molecule has 0 unspecified atom stereocenters. The van der Waals surface area contributed by atoms with E-state index >= 15 is 0 Å². The Hall–Kier alpha value is -1.70. The number of fused-ring (bicyclic) bond motifs is 2. The van der Waals surface area contributed by atoms with E-state index in [1.165, 1.54) is 4.90 Å². The number of nitrogens with zero attached hydrogens (tertiary/aromatic N) is 3. The zero-order chi connectivity index (χ0) is 18.9. The van der Waals surface area contributed by atoms with Crippen molar-refractivity contribution in [1.29, 1.82) is 0 Å². The molecule has 0 aromatic rings. The van der Waals surface area contributed by atoms with Crippen LogP contribution >= 0.6 is 0 Å². The summed E-state index contributed by atoms with van der Waals surface area (Å²) in [5, 5.41) is 3.56. The molecule has 2 N–H and O–H groups in total. The summed E-state index contributed by atoms with van der Waals surface area (Å²) in [6, 6.07) is -2.06. The number of amides is 3. The zero-order valence-corrected chi connectivity index (χ0v) is 14.9. The van der Waals surface area contributed by atoms with Crippen LogP contribution in [0.5, 0.6) is 0 Å². The maximum atomic E-state index is 12.6. The molecule has 0 aliphatic carbocycles. The van der Waals surface area contributed by atoms with Crippen molar-refractivity contribution in [3.05, 3.63) is 0 Å². The molecule has 3 heterocycles. The molecule has 0 saturated carbocycles. The maximum absolute atomic E-state index is 12.6. The summed E-state index contributed by atoms with van der Waals surface area (Å²) in [6.45, 7) is 1.70. The molecule has 3 atom stereocenters. The van der Waals surface area contributed by atoms with Gasteiger partial charge in [-0.05, 0) is 32.4 Å². The Morgan fingerprint density at radius 1 is 1.35 bits per heavy atom. The van der Waals surface area contributed by atoms with Crippen LogP contribution in [0.2, 0.25) is 0 Å². The van der Waals surface area contributed by atoms with Crippen LogP contribution in [0.1, 0.15) is 25.7 Å². The van der Waals surface area contributed by atoms with E-state index in [0.717, 1.165) is 38.5 Å². The van der Waals surface area contributed by atoms with Crippen LogP contribution in [0.3, 0.4) is 0 Å². The number of hydroxylamine groups is 2. The predicted octanol–water partition coefficient (Wildman–Crippen LogP) is -1.89. The molecule has 3 aliphatic heterocycles. The smallest absolute Gasteiger partial charge is 0.352 e. The lowest BCUT2D eigenvalue weighted by atomic mass is 9.94. The monoisotopic (exact) mass is 388 g/mol. The molecule has 3 aliphatic rings. The van der Waals surface area contributed by atoms with Crippen LogP contribution in [0.15, 0.2) is 0 Å². The topological polar surface area (TPSA) is 137 Å². The van der Waals surface area contributed by atoms with Crippen molar-refractivity contribution in [2.75, 3.05) is 19.6 Å². The van der Waals surface area contributed by atoms with Crippen molar-refractivity contribution < 1.29 is 31.6 Å². The molecule has 11 nitrogen and oxygen atoms in total. The third-order valence-electron chi connectivity index (χ3n) is 5.02. The molecule has 3 saturated heterocycles. The Balaban J connectivity index is 1.54. The number of nitrogens with one attached hydrogen (secondary N) is 1. The summed E-state index contributed by atoms with van der Waals surface area (Å²) in [6.07, 6.45) is 3.49. The van der Waals surface area contributed by atoms with Gasteiger partial charge in [-0.2, -0.15) is 13.5 Å². The minimum Gasteiger partial charge on any atom is -0.352 e. The highest BCUT2D eigenvalue weighted by Crippen LogP contribution is 2.32. The van der Waals surface area contributed by atoms with Crippen LogP contribution in [0.4, 0.5) is 4.79 Å². The van der Waals surface area contributed by atoms with Gasteiger partial charge in [-0.1, -0.05) is 0 Å². The quantitative estimate of drug-likeness (QED) is 0.306. The van der Waals surface area contributed by atoms with E-state index in [-0.39, 0.29) is 24.9 Å². The predicted molar refractivity (Wildman–Crippen MR) is 90.0 cm³/mol. The Morgan fingerprint density at radius 2 is 2.12 bits per heavy atom. The van der Waals surface area contributed by atoms with Gasteiger partial charge in [0.25, 0.3) is 7.41 Å². The average Bonchev–Trinajstić information content (AvgIpc) is 3.02. The van der Waals surface area contributed by atoms with Gasteiger partial charge in [0.15, 0.2) is 0 Å². The number of urea groups is 1. The summed E-state index contributed by atoms with van der Waals surface area (Å²) in [7, 11) is -4.40. The number of hydrogen-bond acceptors (Lipinski definition) is 7. The molecule has 144 valence electrons. The second kappa shape index (κ2) is 7.51. The van der Waals surface area contributed by atoms with Crippen molar-refractivity contribution in [1.82, 2.24) is 20.1 Å². The first kappa shape index (κ1) is 19.1. The summed E-state index contributed by atoms with van der Waals surface area (Å²) < 4.78 is 34.6. The van der Waals surface area contributed by atoms with Gasteiger partial charge in [0.2, 0.25) is 5.91 Å². The van der Waals surface area contributed by atoms with Crippen LogP contribution in [0.25, 0.3) is 0 Å². The molecular formula is C13H21BN4O7S. The Labute approximate surface area is 151 Å². The number of rotatable bonds is 6. The largest absolute Gasteiger partial charge is 0.418 e. The van der Waals surface area contributed by atoms with Crippen molar-refractivity contribution in [2.24, 2.45) is 0 Å². The first-order valence-corrected chi connectivity index (χ1v) is 9.88. The molecule has 2 bridgehead atoms. The van der Waals surface area contributed by atoms with E-state index in [9.17, 15) is 22.8 Å². The first-order valence-electron chi connectivity index (χ1n) is 8.51. The van der Waals surface area contributed by atoms with Gasteiger partial charge in [-0.3, -0.25) is 9.35 Å². The van der Waals surface area contributed by atoms with E-state index in [2.05, 4.69) is 9.60 Å². The normalized spacial score (nSPS) is 29.6. The SMILES string of the molecule is O=CBN1CCC[C@H](NC(=O)[C@@H]2C[C@@H]3CN2C(=O)N3OS(=O)(=O)O)CC1. The van der Waals surface area contributed by atoms with E-state index in [1.807, 2.05) is 4.81 Å². The molecule has 0 aromatic heterocycles. The molecule has 26 heavy (non-hydrogen) atoms. The van der Waals surface area contributed by atoms with E-state index in [4.69, 9.17) is 4.55 Å². The zero-order valence-electron chi connectivity index (χ0n) is 14.1. The Morgan fingerprint density at radius 3 is 2.77 bits per heavy atom. The molecule has 0 aromatic carbocycles.